The van der Waals surface area contributed by atoms with Gasteiger partial charge in [-0.2, -0.15) is 5.10 Å². The van der Waals surface area contributed by atoms with Gasteiger partial charge in [-0.1, -0.05) is 30.3 Å². The van der Waals surface area contributed by atoms with Gasteiger partial charge >= 0.3 is 5.97 Å². The molecule has 1 aliphatic rings. The maximum Gasteiger partial charge on any atom is 0.338 e. The third-order valence-corrected chi connectivity index (χ3v) is 6.27. The van der Waals surface area contributed by atoms with E-state index in [0.29, 0.717) is 50.3 Å². The second-order valence-electron chi connectivity index (χ2n) is 8.87. The number of nitrogens with zero attached hydrogens (tertiary/aromatic N) is 2. The smallest absolute Gasteiger partial charge is 0.338 e. The predicted octanol–water partition coefficient (Wildman–Crippen LogP) is 4.05. The zero-order valence-electron chi connectivity index (χ0n) is 22.4. The highest BCUT2D eigenvalue weighted by Gasteiger charge is 2.32. The summed E-state index contributed by atoms with van der Waals surface area (Å²) in [4.78, 5) is 35.9. The van der Waals surface area contributed by atoms with Crippen LogP contribution in [0, 0.1) is 17.0 Å². The molecule has 2 aromatic carbocycles. The lowest BCUT2D eigenvalue weighted by molar-refractivity contribution is -0.385. The van der Waals surface area contributed by atoms with Crippen molar-refractivity contribution in [1.29, 1.82) is 0 Å². The SMILES string of the molecule is CCOC(=O)C1=C(C)NC(=S)N[C@H]1c1ccccc1OCC(=O)NN=Cc1ccc(-c2ccc(C)c([N+](=O)[O-])c2)o1. The lowest BCUT2D eigenvalue weighted by Gasteiger charge is -2.30. The Morgan fingerprint density at radius 3 is 2.73 bits per heavy atom. The molecular weight excluding hydrogens is 550 g/mol. The molecule has 12 nitrogen and oxygen atoms in total. The number of aryl methyl sites for hydroxylation is 1. The number of hydrogen-bond donors (Lipinski definition) is 3. The average molecular weight is 578 g/mol. The van der Waals surface area contributed by atoms with E-state index in [2.05, 4.69) is 21.2 Å². The highest BCUT2D eigenvalue weighted by molar-refractivity contribution is 7.80. The van der Waals surface area contributed by atoms with Crippen molar-refractivity contribution in [1.82, 2.24) is 16.1 Å². The third-order valence-electron chi connectivity index (χ3n) is 6.05. The number of thiocarbonyl (C=S) groups is 1. The molecule has 212 valence electrons. The van der Waals surface area contributed by atoms with E-state index >= 15 is 0 Å². The van der Waals surface area contributed by atoms with E-state index in [9.17, 15) is 19.7 Å². The van der Waals surface area contributed by atoms with Gasteiger partial charge < -0.3 is 24.5 Å². The molecule has 41 heavy (non-hydrogen) atoms. The summed E-state index contributed by atoms with van der Waals surface area (Å²) in [6, 6.07) is 14.4. The quantitative estimate of drug-likeness (QED) is 0.106. The van der Waals surface area contributed by atoms with Gasteiger partial charge in [-0.25, -0.2) is 10.2 Å². The molecule has 1 aliphatic heterocycles. The zero-order chi connectivity index (χ0) is 29.5. The second-order valence-corrected chi connectivity index (χ2v) is 9.28. The lowest BCUT2D eigenvalue weighted by atomic mass is 9.95. The first-order chi connectivity index (χ1) is 19.7. The van der Waals surface area contributed by atoms with E-state index in [4.69, 9.17) is 26.1 Å². The molecule has 0 saturated carbocycles. The van der Waals surface area contributed by atoms with Crippen LogP contribution in [0.1, 0.15) is 36.8 Å². The van der Waals surface area contributed by atoms with Gasteiger partial charge in [0.05, 0.1) is 29.4 Å². The standard InChI is InChI=1S/C28H27N5O7S/c1-4-38-27(35)25-17(3)30-28(41)31-26(25)20-7-5-6-8-23(20)39-15-24(34)32-29-14-19-11-12-22(40-19)18-10-9-16(2)21(13-18)33(36)37/h5-14,26H,4,15H2,1-3H3,(H,32,34)(H2,30,31,41)/t26-/m0/s1. The van der Waals surface area contributed by atoms with Crippen molar-refractivity contribution >= 4 is 41.1 Å². The number of ether oxygens (including phenoxy) is 2. The molecule has 1 atom stereocenters. The summed E-state index contributed by atoms with van der Waals surface area (Å²) in [6.07, 6.45) is 1.30. The van der Waals surface area contributed by atoms with Crippen LogP contribution in [-0.2, 0) is 14.3 Å². The Hall–Kier alpha value is -5.04. The zero-order valence-corrected chi connectivity index (χ0v) is 23.2. The number of nitro groups is 1. The Morgan fingerprint density at radius 1 is 1.20 bits per heavy atom. The number of esters is 1. The van der Waals surface area contributed by atoms with Crippen LogP contribution in [0.15, 0.2) is 75.4 Å². The number of rotatable bonds is 10. The van der Waals surface area contributed by atoms with Gasteiger partial charge in [0, 0.05) is 28.5 Å². The summed E-state index contributed by atoms with van der Waals surface area (Å²) in [5.74, 6) is 0.0742. The molecule has 0 aliphatic carbocycles. The van der Waals surface area contributed by atoms with E-state index < -0.39 is 22.8 Å². The van der Waals surface area contributed by atoms with Gasteiger partial charge in [0.25, 0.3) is 11.6 Å². The second kappa shape index (κ2) is 12.9. The van der Waals surface area contributed by atoms with Gasteiger partial charge in [0.15, 0.2) is 11.7 Å². The fourth-order valence-electron chi connectivity index (χ4n) is 4.14. The normalized spacial score (nSPS) is 14.8. The summed E-state index contributed by atoms with van der Waals surface area (Å²) < 4.78 is 16.7. The number of carbonyl (C=O) groups excluding carboxylic acids is 2. The minimum Gasteiger partial charge on any atom is -0.483 e. The monoisotopic (exact) mass is 577 g/mol. The van der Waals surface area contributed by atoms with Gasteiger partial charge in [-0.3, -0.25) is 14.9 Å². The summed E-state index contributed by atoms with van der Waals surface area (Å²) in [7, 11) is 0. The van der Waals surface area contributed by atoms with Crippen molar-refractivity contribution in [2.45, 2.75) is 26.8 Å². The number of benzene rings is 2. The van der Waals surface area contributed by atoms with Crippen LogP contribution in [0.25, 0.3) is 11.3 Å². The average Bonchev–Trinajstić information content (AvgIpc) is 3.40. The number of amides is 1. The van der Waals surface area contributed by atoms with Crippen molar-refractivity contribution < 1.29 is 28.4 Å². The molecule has 2 heterocycles. The molecule has 3 aromatic rings. The molecule has 0 radical (unpaired) electrons. The van der Waals surface area contributed by atoms with Crippen molar-refractivity contribution in [3.8, 4) is 17.1 Å². The molecule has 0 fully saturated rings. The lowest BCUT2D eigenvalue weighted by Crippen LogP contribution is -2.45. The number of nitro benzene ring substituents is 1. The van der Waals surface area contributed by atoms with E-state index in [1.807, 2.05) is 0 Å². The van der Waals surface area contributed by atoms with Gasteiger partial charge in [-0.15, -0.1) is 0 Å². The predicted molar refractivity (Wildman–Crippen MR) is 154 cm³/mol. The molecule has 0 unspecified atom stereocenters. The Bertz CT molecular complexity index is 1560. The van der Waals surface area contributed by atoms with Crippen LogP contribution in [0.3, 0.4) is 0 Å². The maximum atomic E-state index is 12.7. The highest BCUT2D eigenvalue weighted by atomic mass is 32.1. The number of furan rings is 1. The number of allylic oxidation sites excluding steroid dienone is 1. The first-order valence-electron chi connectivity index (χ1n) is 12.5. The molecule has 13 heteroatoms. The fourth-order valence-corrected chi connectivity index (χ4v) is 4.41. The summed E-state index contributed by atoms with van der Waals surface area (Å²) >= 11 is 5.29. The van der Waals surface area contributed by atoms with Crippen LogP contribution < -0.4 is 20.8 Å². The first kappa shape index (κ1) is 29.0. The molecule has 1 amide bonds. The largest absolute Gasteiger partial charge is 0.483 e. The highest BCUT2D eigenvalue weighted by Crippen LogP contribution is 2.33. The molecule has 1 aromatic heterocycles. The Morgan fingerprint density at radius 2 is 1.98 bits per heavy atom. The summed E-state index contributed by atoms with van der Waals surface area (Å²) in [5.41, 5.74) is 4.94. The van der Waals surface area contributed by atoms with Gasteiger partial charge in [-0.05, 0) is 51.2 Å². The van der Waals surface area contributed by atoms with E-state index in [0.717, 1.165) is 0 Å². The first-order valence-corrected chi connectivity index (χ1v) is 12.9. The van der Waals surface area contributed by atoms with Crippen LogP contribution >= 0.6 is 12.2 Å². The van der Waals surface area contributed by atoms with E-state index in [1.165, 1.54) is 12.3 Å². The van der Waals surface area contributed by atoms with Gasteiger partial charge in [0.2, 0.25) is 0 Å². The summed E-state index contributed by atoms with van der Waals surface area (Å²) in [6.45, 7) is 4.95. The maximum absolute atomic E-state index is 12.7. The van der Waals surface area contributed by atoms with Crippen LogP contribution in [0.4, 0.5) is 5.69 Å². The topological polar surface area (TPSA) is 157 Å². The minimum absolute atomic E-state index is 0.00938. The van der Waals surface area contributed by atoms with Crippen molar-refractivity contribution in [3.63, 3.8) is 0 Å². The van der Waals surface area contributed by atoms with Crippen molar-refractivity contribution in [2.24, 2.45) is 5.10 Å². The van der Waals surface area contributed by atoms with Crippen molar-refractivity contribution in [3.05, 3.63) is 92.9 Å². The molecule has 3 N–H and O–H groups in total. The number of nitrogens with one attached hydrogen (secondary N) is 3. The number of carbonyl (C=O) groups is 2. The molecule has 0 spiro atoms. The minimum atomic E-state index is -0.650. The molecule has 4 rings (SSSR count). The summed E-state index contributed by atoms with van der Waals surface area (Å²) in [5, 5.41) is 21.5. The Labute approximate surface area is 240 Å². The van der Waals surface area contributed by atoms with E-state index in [1.54, 1.807) is 69.3 Å². The number of hydrazone groups is 1. The van der Waals surface area contributed by atoms with E-state index in [-0.39, 0.29) is 18.9 Å². The van der Waals surface area contributed by atoms with Gasteiger partial charge in [0.1, 0.15) is 17.3 Å². The number of hydrogen-bond acceptors (Lipinski definition) is 9. The van der Waals surface area contributed by atoms with Crippen LogP contribution in [-0.4, -0.2) is 41.3 Å². The molecule has 0 saturated heterocycles. The molecule has 0 bridgehead atoms. The van der Waals surface area contributed by atoms with Crippen LogP contribution in [0.2, 0.25) is 0 Å². The fraction of sp³-hybridized carbons (Fsp3) is 0.214. The Balaban J connectivity index is 1.40. The third kappa shape index (κ3) is 6.94. The number of para-hydroxylation sites is 1. The Kier molecular flexibility index (Phi) is 9.09. The molecular formula is C28H27N5O7S. The van der Waals surface area contributed by atoms with Crippen molar-refractivity contribution in [2.75, 3.05) is 13.2 Å². The van der Waals surface area contributed by atoms with Crippen LogP contribution in [0.5, 0.6) is 5.75 Å².